The molecule has 0 unspecified atom stereocenters. The van der Waals surface area contributed by atoms with E-state index in [9.17, 15) is 19.8 Å². The monoisotopic (exact) mass is 293 g/mol. The fourth-order valence-electron chi connectivity index (χ4n) is 0.348. The summed E-state index contributed by atoms with van der Waals surface area (Å²) in [5.41, 5.74) is 0. The van der Waals surface area contributed by atoms with Gasteiger partial charge in [-0.05, 0) is 6.92 Å². The molecule has 0 atom stereocenters. The predicted octanol–water partition coefficient (Wildman–Crippen LogP) is -0.166. The van der Waals surface area contributed by atoms with Crippen LogP contribution in [0.4, 0.5) is 0 Å². The number of carboxylic acid groups (broad SMARTS) is 1. The van der Waals surface area contributed by atoms with Crippen LogP contribution in [-0.4, -0.2) is 18.4 Å². The molecule has 0 bridgehead atoms. The van der Waals surface area contributed by atoms with Crippen LogP contribution in [0.5, 0.6) is 0 Å². The van der Waals surface area contributed by atoms with Crippen molar-refractivity contribution < 1.29 is 44.5 Å². The molecule has 0 aromatic carbocycles. The van der Waals surface area contributed by atoms with E-state index in [0.717, 1.165) is 12.8 Å². The van der Waals surface area contributed by atoms with Gasteiger partial charge in [0.25, 0.3) is 0 Å². The summed E-state index contributed by atoms with van der Waals surface area (Å²) in [5.74, 6) is -1.69. The van der Waals surface area contributed by atoms with Gasteiger partial charge in [0.05, 0.1) is 0 Å². The molecule has 4 nitrogen and oxygen atoms in total. The van der Waals surface area contributed by atoms with Gasteiger partial charge < -0.3 is 15.0 Å². The first-order chi connectivity index (χ1) is 6.95. The summed E-state index contributed by atoms with van der Waals surface area (Å²) in [6.45, 7) is 5.47. The van der Waals surface area contributed by atoms with Gasteiger partial charge in [0.2, 0.25) is 0 Å². The van der Waals surface area contributed by atoms with Crippen molar-refractivity contribution in [3.63, 3.8) is 0 Å². The van der Waals surface area contributed by atoms with Crippen LogP contribution in [0, 0.1) is 0 Å². The maximum absolute atomic E-state index is 9.83. The molecule has 0 radical (unpaired) electrons. The zero-order valence-corrected chi connectivity index (χ0v) is 12.1. The van der Waals surface area contributed by atoms with Crippen LogP contribution in [0.15, 0.2) is 0 Å². The van der Waals surface area contributed by atoms with E-state index in [1.807, 2.05) is 6.92 Å². The predicted molar refractivity (Wildman–Crippen MR) is 50.6 cm³/mol. The first-order valence-corrected chi connectivity index (χ1v) is 6.61. The number of aliphatic carboxylic acids is 1. The number of carboxylic acids is 1. The van der Waals surface area contributed by atoms with Crippen LogP contribution in [0.1, 0.15) is 40.0 Å². The molecule has 0 amide bonds. The number of ketones is 1. The summed E-state index contributed by atoms with van der Waals surface area (Å²) in [6, 6.07) is 0. The Bertz CT molecular complexity index is 134. The Labute approximate surface area is 107 Å². The Morgan fingerprint density at radius 2 is 1.67 bits per heavy atom. The Kier molecular flexibility index (Phi) is 26.6. The number of hydrogen-bond acceptors (Lipinski definition) is 4. The number of rotatable bonds is 4. The normalized spacial score (nSPS) is 7.87. The van der Waals surface area contributed by atoms with E-state index in [4.69, 9.17) is 0 Å². The van der Waals surface area contributed by atoms with Crippen molar-refractivity contribution in [2.45, 2.75) is 44.2 Å². The molecule has 15 heavy (non-hydrogen) atoms. The molecule has 0 aliphatic carbocycles. The van der Waals surface area contributed by atoms with Crippen molar-refractivity contribution in [3.05, 3.63) is 0 Å². The summed E-state index contributed by atoms with van der Waals surface area (Å²) in [7, 11) is 0. The fourth-order valence-corrected chi connectivity index (χ4v) is 0.348. The minimum absolute atomic E-state index is 0.0938. The molecule has 0 spiro atoms. The standard InChI is InChI=1S/C4H6O3.C4H9O.C2H5.Zr/c1-3(5)2-4(6)7;1-2-3-4-5;1-2;/h2H2,1H3,(H,6,7);2-4H2,1H3;1H2,2H3;/q;-1;;+2/p-1. The second-order valence-electron chi connectivity index (χ2n) is 2.66. The summed E-state index contributed by atoms with van der Waals surface area (Å²) < 4.78 is 1.34. The van der Waals surface area contributed by atoms with Gasteiger partial charge in [-0.25, -0.2) is 0 Å². The van der Waals surface area contributed by atoms with Crippen LogP contribution < -0.4 is 10.2 Å². The third kappa shape index (κ3) is 56.1. The Balaban J connectivity index is -0.000000158. The minimum atomic E-state index is -1.31. The topological polar surface area (TPSA) is 80.3 Å². The molecule has 0 rings (SSSR count). The molecule has 0 heterocycles. The quantitative estimate of drug-likeness (QED) is 0.674. The summed E-state index contributed by atoms with van der Waals surface area (Å²) >= 11 is 1.64. The molecule has 0 saturated carbocycles. The van der Waals surface area contributed by atoms with Gasteiger partial charge >= 0.3 is 35.8 Å². The van der Waals surface area contributed by atoms with E-state index < -0.39 is 12.4 Å². The molecule has 0 saturated heterocycles. The number of carbonyl (C=O) groups excluding carboxylic acids is 2. The van der Waals surface area contributed by atoms with Gasteiger partial charge in [0.1, 0.15) is 5.78 Å². The molecule has 0 aliphatic heterocycles. The van der Waals surface area contributed by atoms with Crippen LogP contribution in [0.2, 0.25) is 4.13 Å². The third-order valence-corrected chi connectivity index (χ3v) is 0.891. The summed E-state index contributed by atoms with van der Waals surface area (Å²) in [6.07, 6.45) is 1.39. The van der Waals surface area contributed by atoms with Crippen molar-refractivity contribution in [1.29, 1.82) is 0 Å². The first-order valence-electron chi connectivity index (χ1n) is 4.88. The van der Waals surface area contributed by atoms with E-state index in [1.54, 1.807) is 24.7 Å². The molecule has 0 aliphatic rings. The van der Waals surface area contributed by atoms with E-state index in [0.29, 0.717) is 0 Å². The van der Waals surface area contributed by atoms with Gasteiger partial charge in [0, 0.05) is 12.4 Å². The molecule has 87 valence electrons. The molecule has 0 aromatic heterocycles. The summed E-state index contributed by atoms with van der Waals surface area (Å²) in [5, 5.41) is 19.0. The summed E-state index contributed by atoms with van der Waals surface area (Å²) in [4.78, 5) is 19.3. The molecular formula is C10H19O4Zr. The Hall–Kier alpha value is -0.0169. The Morgan fingerprint density at radius 3 is 1.67 bits per heavy atom. The molecule has 0 fully saturated rings. The van der Waals surface area contributed by atoms with Gasteiger partial charge in [-0.15, -0.1) is 6.61 Å². The van der Waals surface area contributed by atoms with Crippen molar-refractivity contribution in [2.75, 3.05) is 6.61 Å². The third-order valence-electron chi connectivity index (χ3n) is 0.891. The van der Waals surface area contributed by atoms with E-state index in [2.05, 4.69) is 6.92 Å². The van der Waals surface area contributed by atoms with E-state index in [-0.39, 0.29) is 12.4 Å². The van der Waals surface area contributed by atoms with Gasteiger partial charge in [-0.3, -0.25) is 4.79 Å². The second-order valence-corrected chi connectivity index (χ2v) is 4.40. The van der Waals surface area contributed by atoms with Crippen molar-refractivity contribution in [2.24, 2.45) is 0 Å². The maximum atomic E-state index is 9.83. The van der Waals surface area contributed by atoms with Crippen molar-refractivity contribution >= 4 is 11.8 Å². The number of carbonyl (C=O) groups is 2. The molecule has 5 heteroatoms. The van der Waals surface area contributed by atoms with Gasteiger partial charge in [0.15, 0.2) is 0 Å². The molecular weight excluding hydrogens is 275 g/mol. The second kappa shape index (κ2) is 19.5. The first kappa shape index (κ1) is 20.4. The van der Waals surface area contributed by atoms with E-state index in [1.165, 1.54) is 11.1 Å². The zero-order valence-electron chi connectivity index (χ0n) is 9.67. The van der Waals surface area contributed by atoms with Crippen LogP contribution in [0.3, 0.4) is 0 Å². The fraction of sp³-hybridized carbons (Fsp3) is 0.800. The van der Waals surface area contributed by atoms with Crippen LogP contribution in [0.25, 0.3) is 0 Å². The SMILES string of the molecule is CC(=O)CC(=O)[O-].CCCC[O-].C[CH2][Zr+2]. The Morgan fingerprint density at radius 1 is 1.27 bits per heavy atom. The van der Waals surface area contributed by atoms with Crippen LogP contribution in [-0.2, 0) is 34.3 Å². The van der Waals surface area contributed by atoms with Crippen molar-refractivity contribution in [1.82, 2.24) is 0 Å². The van der Waals surface area contributed by atoms with Gasteiger partial charge in [-0.2, -0.15) is 0 Å². The van der Waals surface area contributed by atoms with Crippen molar-refractivity contribution in [3.8, 4) is 0 Å². The molecule has 0 N–H and O–H groups in total. The molecule has 0 aromatic rings. The number of unbranched alkanes of at least 4 members (excludes halogenated alkanes) is 1. The average Bonchev–Trinajstić information content (AvgIpc) is 2.05. The number of hydrogen-bond donors (Lipinski definition) is 0. The van der Waals surface area contributed by atoms with E-state index >= 15 is 0 Å². The average molecular weight is 294 g/mol. The van der Waals surface area contributed by atoms with Gasteiger partial charge in [-0.1, -0.05) is 19.8 Å². The zero-order chi connectivity index (χ0) is 12.7. The van der Waals surface area contributed by atoms with Crippen LogP contribution >= 0.6 is 0 Å². The number of Topliss-reactive ketones (excluding diaryl/α,β-unsaturated/α-hetero) is 1.